The summed E-state index contributed by atoms with van der Waals surface area (Å²) in [4.78, 5) is 14.0. The second-order valence-electron chi connectivity index (χ2n) is 5.40. The van der Waals surface area contributed by atoms with Crippen molar-refractivity contribution in [2.75, 3.05) is 13.1 Å². The number of rotatable bonds is 9. The topological polar surface area (TPSA) is 40.5 Å². The summed E-state index contributed by atoms with van der Waals surface area (Å²) in [6, 6.07) is 0. The predicted octanol–water partition coefficient (Wildman–Crippen LogP) is 2.97. The van der Waals surface area contributed by atoms with Gasteiger partial charge in [0, 0.05) is 19.5 Å². The maximum atomic E-state index is 12.0. The van der Waals surface area contributed by atoms with Gasteiger partial charge in [0.05, 0.1) is 5.60 Å². The smallest absolute Gasteiger partial charge is 0.222 e. The van der Waals surface area contributed by atoms with Crippen LogP contribution in [0.3, 0.4) is 0 Å². The van der Waals surface area contributed by atoms with Crippen LogP contribution in [0.4, 0.5) is 0 Å². The van der Waals surface area contributed by atoms with E-state index < -0.39 is 5.60 Å². The Bertz CT molecular complexity index is 201. The lowest BCUT2D eigenvalue weighted by Gasteiger charge is -2.24. The van der Waals surface area contributed by atoms with Gasteiger partial charge in [-0.25, -0.2) is 0 Å². The largest absolute Gasteiger partial charge is 0.390 e. The first-order chi connectivity index (χ1) is 7.90. The van der Waals surface area contributed by atoms with Crippen molar-refractivity contribution >= 4 is 5.91 Å². The van der Waals surface area contributed by atoms with Gasteiger partial charge in [0.25, 0.3) is 0 Å². The predicted molar refractivity (Wildman–Crippen MR) is 71.9 cm³/mol. The summed E-state index contributed by atoms with van der Waals surface area (Å²) < 4.78 is 0. The van der Waals surface area contributed by atoms with Crippen molar-refractivity contribution < 1.29 is 9.90 Å². The van der Waals surface area contributed by atoms with Crippen molar-refractivity contribution in [3.63, 3.8) is 0 Å². The van der Waals surface area contributed by atoms with Crippen molar-refractivity contribution in [1.82, 2.24) is 4.90 Å². The highest BCUT2D eigenvalue weighted by molar-refractivity contribution is 5.76. The van der Waals surface area contributed by atoms with Gasteiger partial charge in [-0.3, -0.25) is 4.79 Å². The first kappa shape index (κ1) is 16.4. The first-order valence-electron chi connectivity index (χ1n) is 6.91. The average Bonchev–Trinajstić information content (AvgIpc) is 2.25. The van der Waals surface area contributed by atoms with Gasteiger partial charge < -0.3 is 10.0 Å². The highest BCUT2D eigenvalue weighted by atomic mass is 16.3. The molecule has 0 aliphatic heterocycles. The molecule has 0 spiro atoms. The first-order valence-corrected chi connectivity index (χ1v) is 6.91. The van der Waals surface area contributed by atoms with Gasteiger partial charge in [0.2, 0.25) is 5.91 Å². The molecule has 102 valence electrons. The maximum Gasteiger partial charge on any atom is 0.222 e. The fourth-order valence-corrected chi connectivity index (χ4v) is 1.63. The Labute approximate surface area is 106 Å². The standard InChI is InChI=1S/C14H29NO2/c1-5-7-11-15(12-8-6-2)13(16)9-10-14(3,4)17/h17H,5-12H2,1-4H3. The van der Waals surface area contributed by atoms with Crippen molar-refractivity contribution in [2.24, 2.45) is 0 Å². The number of amides is 1. The number of hydrogen-bond donors (Lipinski definition) is 1. The van der Waals surface area contributed by atoms with Gasteiger partial charge in [-0.1, -0.05) is 26.7 Å². The zero-order valence-corrected chi connectivity index (χ0v) is 12.0. The fraction of sp³-hybridized carbons (Fsp3) is 0.929. The summed E-state index contributed by atoms with van der Waals surface area (Å²) >= 11 is 0. The van der Waals surface area contributed by atoms with Crippen molar-refractivity contribution in [2.45, 2.75) is 71.8 Å². The van der Waals surface area contributed by atoms with Gasteiger partial charge in [0.1, 0.15) is 0 Å². The van der Waals surface area contributed by atoms with Crippen LogP contribution in [0.25, 0.3) is 0 Å². The van der Waals surface area contributed by atoms with E-state index in [1.54, 1.807) is 13.8 Å². The Kier molecular flexibility index (Phi) is 8.23. The van der Waals surface area contributed by atoms with Gasteiger partial charge in [0.15, 0.2) is 0 Å². The van der Waals surface area contributed by atoms with Gasteiger partial charge in [-0.15, -0.1) is 0 Å². The van der Waals surface area contributed by atoms with Crippen molar-refractivity contribution in [3.05, 3.63) is 0 Å². The Hall–Kier alpha value is -0.570. The van der Waals surface area contributed by atoms with Crippen LogP contribution in [0.15, 0.2) is 0 Å². The molecule has 0 atom stereocenters. The highest BCUT2D eigenvalue weighted by Crippen LogP contribution is 2.12. The minimum Gasteiger partial charge on any atom is -0.390 e. The molecular formula is C14H29NO2. The quantitative estimate of drug-likeness (QED) is 0.676. The Morgan fingerprint density at radius 3 is 1.94 bits per heavy atom. The third-order valence-corrected chi connectivity index (χ3v) is 2.87. The van der Waals surface area contributed by atoms with Crippen LogP contribution in [-0.2, 0) is 4.79 Å². The molecule has 0 heterocycles. The second-order valence-corrected chi connectivity index (χ2v) is 5.40. The summed E-state index contributed by atoms with van der Waals surface area (Å²) in [5.74, 6) is 0.189. The van der Waals surface area contributed by atoms with E-state index in [1.165, 1.54) is 0 Å². The van der Waals surface area contributed by atoms with Crippen LogP contribution in [0.5, 0.6) is 0 Å². The number of unbranched alkanes of at least 4 members (excludes halogenated alkanes) is 2. The number of carbonyl (C=O) groups is 1. The number of nitrogens with zero attached hydrogens (tertiary/aromatic N) is 1. The van der Waals surface area contributed by atoms with Crippen molar-refractivity contribution in [3.8, 4) is 0 Å². The van der Waals surface area contributed by atoms with E-state index >= 15 is 0 Å². The van der Waals surface area contributed by atoms with E-state index in [2.05, 4.69) is 13.8 Å². The zero-order valence-electron chi connectivity index (χ0n) is 12.0. The molecular weight excluding hydrogens is 214 g/mol. The molecule has 0 unspecified atom stereocenters. The number of carbonyl (C=O) groups excluding carboxylic acids is 1. The van der Waals surface area contributed by atoms with Crippen LogP contribution in [0, 0.1) is 0 Å². The SMILES string of the molecule is CCCCN(CCCC)C(=O)CCC(C)(C)O. The number of aliphatic hydroxyl groups is 1. The molecule has 0 aromatic rings. The lowest BCUT2D eigenvalue weighted by Crippen LogP contribution is -2.34. The van der Waals surface area contributed by atoms with Gasteiger partial charge >= 0.3 is 0 Å². The molecule has 0 fully saturated rings. The fourth-order valence-electron chi connectivity index (χ4n) is 1.63. The minimum atomic E-state index is -0.739. The van der Waals surface area contributed by atoms with Gasteiger partial charge in [-0.2, -0.15) is 0 Å². The molecule has 0 saturated heterocycles. The van der Waals surface area contributed by atoms with E-state index in [4.69, 9.17) is 0 Å². The van der Waals surface area contributed by atoms with Crippen LogP contribution < -0.4 is 0 Å². The van der Waals surface area contributed by atoms with Crippen LogP contribution >= 0.6 is 0 Å². The lowest BCUT2D eigenvalue weighted by atomic mass is 10.0. The molecule has 0 aliphatic rings. The normalized spacial score (nSPS) is 11.6. The van der Waals surface area contributed by atoms with Crippen LogP contribution in [-0.4, -0.2) is 34.6 Å². The van der Waals surface area contributed by atoms with E-state index in [1.807, 2.05) is 4.90 Å². The second kappa shape index (κ2) is 8.51. The zero-order chi connectivity index (χ0) is 13.3. The molecule has 0 aromatic carbocycles. The third-order valence-electron chi connectivity index (χ3n) is 2.87. The van der Waals surface area contributed by atoms with E-state index in [9.17, 15) is 9.90 Å². The number of hydrogen-bond acceptors (Lipinski definition) is 2. The van der Waals surface area contributed by atoms with E-state index in [0.29, 0.717) is 12.8 Å². The Balaban J connectivity index is 4.11. The molecule has 3 nitrogen and oxygen atoms in total. The molecule has 1 amide bonds. The average molecular weight is 243 g/mol. The van der Waals surface area contributed by atoms with Crippen molar-refractivity contribution in [1.29, 1.82) is 0 Å². The molecule has 3 heteroatoms. The molecule has 0 bridgehead atoms. The maximum absolute atomic E-state index is 12.0. The molecule has 17 heavy (non-hydrogen) atoms. The van der Waals surface area contributed by atoms with E-state index in [0.717, 1.165) is 38.8 Å². The summed E-state index contributed by atoms with van der Waals surface area (Å²) in [7, 11) is 0. The summed E-state index contributed by atoms with van der Waals surface area (Å²) in [5.41, 5.74) is -0.739. The monoisotopic (exact) mass is 243 g/mol. The van der Waals surface area contributed by atoms with Crippen LogP contribution in [0.1, 0.15) is 66.2 Å². The van der Waals surface area contributed by atoms with E-state index in [-0.39, 0.29) is 5.91 Å². The minimum absolute atomic E-state index is 0.189. The molecule has 0 radical (unpaired) electrons. The summed E-state index contributed by atoms with van der Waals surface area (Å²) in [6.45, 7) is 9.51. The Morgan fingerprint density at radius 1 is 1.12 bits per heavy atom. The third kappa shape index (κ3) is 9.16. The highest BCUT2D eigenvalue weighted by Gasteiger charge is 2.18. The Morgan fingerprint density at radius 2 is 1.59 bits per heavy atom. The van der Waals surface area contributed by atoms with Crippen LogP contribution in [0.2, 0.25) is 0 Å². The molecule has 0 rings (SSSR count). The molecule has 0 aromatic heterocycles. The van der Waals surface area contributed by atoms with Gasteiger partial charge in [-0.05, 0) is 33.1 Å². The molecule has 0 saturated carbocycles. The summed E-state index contributed by atoms with van der Waals surface area (Å²) in [6.07, 6.45) is 5.36. The molecule has 1 N–H and O–H groups in total. The molecule has 0 aliphatic carbocycles. The summed E-state index contributed by atoms with van der Waals surface area (Å²) in [5, 5.41) is 9.63. The lowest BCUT2D eigenvalue weighted by molar-refractivity contribution is -0.132.